The Kier molecular flexibility index (Phi) is 8.93. The molecule has 0 atom stereocenters. The van der Waals surface area contributed by atoms with Crippen molar-refractivity contribution in [1.82, 2.24) is 0 Å². The van der Waals surface area contributed by atoms with E-state index in [1.54, 1.807) is 0 Å². The predicted octanol–water partition coefficient (Wildman–Crippen LogP) is 1.24. The smallest absolute Gasteiger partial charge is 0.308 e. The van der Waals surface area contributed by atoms with Gasteiger partial charge in [-0.1, -0.05) is 0 Å². The summed E-state index contributed by atoms with van der Waals surface area (Å²) in [5, 5.41) is 9.22. The highest BCUT2D eigenvalue weighted by Gasteiger charge is 2.34. The third kappa shape index (κ3) is 6.85. The molecule has 0 saturated carbocycles. The summed E-state index contributed by atoms with van der Waals surface area (Å²) >= 11 is 0. The van der Waals surface area contributed by atoms with E-state index >= 15 is 0 Å². The van der Waals surface area contributed by atoms with Crippen molar-refractivity contribution in [3.8, 4) is 28.7 Å². The van der Waals surface area contributed by atoms with Gasteiger partial charge >= 0.3 is 29.8 Å². The fourth-order valence-corrected chi connectivity index (χ4v) is 2.38. The quantitative estimate of drug-likeness (QED) is 0.472. The van der Waals surface area contributed by atoms with Crippen molar-refractivity contribution in [2.45, 2.75) is 47.5 Å². The van der Waals surface area contributed by atoms with Gasteiger partial charge in [-0.05, 0) is 12.8 Å². The first-order chi connectivity index (χ1) is 14.0. The molecule has 0 spiro atoms. The average molecular weight is 426 g/mol. The topological polar surface area (TPSA) is 152 Å². The minimum absolute atomic E-state index is 0.0298. The zero-order chi connectivity index (χ0) is 23.0. The van der Waals surface area contributed by atoms with Crippen LogP contribution >= 0.6 is 0 Å². The second-order valence-corrected chi connectivity index (χ2v) is 5.92. The molecule has 0 bridgehead atoms. The van der Waals surface area contributed by atoms with E-state index in [1.165, 1.54) is 0 Å². The number of rotatable bonds is 8. The van der Waals surface area contributed by atoms with E-state index in [0.29, 0.717) is 0 Å². The van der Waals surface area contributed by atoms with Gasteiger partial charge in [0.15, 0.2) is 11.5 Å². The zero-order valence-corrected chi connectivity index (χ0v) is 17.2. The van der Waals surface area contributed by atoms with Crippen LogP contribution < -0.4 is 23.7 Å². The van der Waals surface area contributed by atoms with Crippen LogP contribution in [0.15, 0.2) is 0 Å². The van der Waals surface area contributed by atoms with Gasteiger partial charge in [-0.3, -0.25) is 24.0 Å². The number of ether oxygens (including phenoxy) is 5. The Morgan fingerprint density at radius 1 is 0.567 bits per heavy atom. The van der Waals surface area contributed by atoms with Gasteiger partial charge in [-0.2, -0.15) is 0 Å². The van der Waals surface area contributed by atoms with Gasteiger partial charge in [0, 0.05) is 46.8 Å². The monoisotopic (exact) mass is 426 g/mol. The molecule has 0 aliphatic carbocycles. The highest BCUT2D eigenvalue weighted by molar-refractivity contribution is 5.86. The van der Waals surface area contributed by atoms with Crippen molar-refractivity contribution in [2.75, 3.05) is 6.61 Å². The molecule has 11 nitrogen and oxygen atoms in total. The lowest BCUT2D eigenvalue weighted by molar-refractivity contribution is -0.137. The third-order valence-corrected chi connectivity index (χ3v) is 3.19. The van der Waals surface area contributed by atoms with Gasteiger partial charge in [-0.25, -0.2) is 0 Å². The predicted molar refractivity (Wildman–Crippen MR) is 98.4 cm³/mol. The molecule has 1 aromatic rings. The first-order valence-corrected chi connectivity index (χ1v) is 8.73. The first kappa shape index (κ1) is 24.6. The molecule has 0 amide bonds. The molecule has 0 radical (unpaired) electrons. The van der Waals surface area contributed by atoms with Crippen molar-refractivity contribution < 1.29 is 52.8 Å². The highest BCUT2D eigenvalue weighted by atomic mass is 16.6. The number of carbonyl (C=O) groups is 5. The van der Waals surface area contributed by atoms with Crippen molar-refractivity contribution in [2.24, 2.45) is 0 Å². The van der Waals surface area contributed by atoms with E-state index in [1.807, 2.05) is 0 Å². The fourth-order valence-electron chi connectivity index (χ4n) is 2.38. The summed E-state index contributed by atoms with van der Waals surface area (Å²) in [6.07, 6.45) is 0.0546. The Labute approximate surface area is 171 Å². The van der Waals surface area contributed by atoms with Crippen LogP contribution in [-0.4, -0.2) is 41.6 Å². The second-order valence-electron chi connectivity index (χ2n) is 5.92. The minimum Gasteiger partial charge on any atom is -0.422 e. The summed E-state index contributed by atoms with van der Waals surface area (Å²) in [5.74, 6) is -6.79. The lowest BCUT2D eigenvalue weighted by atomic mass is 10.0. The maximum atomic E-state index is 11.7. The molecule has 0 aromatic heterocycles. The summed E-state index contributed by atoms with van der Waals surface area (Å²) in [7, 11) is 0. The first-order valence-electron chi connectivity index (χ1n) is 8.73. The van der Waals surface area contributed by atoms with E-state index in [2.05, 4.69) is 0 Å². The summed E-state index contributed by atoms with van der Waals surface area (Å²) in [6.45, 7) is 4.92. The molecule has 0 aliphatic rings. The van der Waals surface area contributed by atoms with Crippen molar-refractivity contribution in [3.63, 3.8) is 0 Å². The van der Waals surface area contributed by atoms with Crippen LogP contribution in [0.4, 0.5) is 0 Å². The summed E-state index contributed by atoms with van der Waals surface area (Å²) in [4.78, 5) is 58.4. The molecule has 1 rings (SSSR count). The van der Waals surface area contributed by atoms with Crippen LogP contribution in [0.5, 0.6) is 28.7 Å². The number of hydrogen-bond acceptors (Lipinski definition) is 11. The lowest BCUT2D eigenvalue weighted by Gasteiger charge is -2.22. The molecular formula is C19H22O11. The van der Waals surface area contributed by atoms with E-state index in [-0.39, 0.29) is 25.0 Å². The van der Waals surface area contributed by atoms with Crippen LogP contribution in [0, 0.1) is 0 Å². The van der Waals surface area contributed by atoms with E-state index in [0.717, 1.165) is 34.6 Å². The highest BCUT2D eigenvalue weighted by Crippen LogP contribution is 2.54. The summed E-state index contributed by atoms with van der Waals surface area (Å²) in [5.41, 5.74) is -0.0298. The van der Waals surface area contributed by atoms with Gasteiger partial charge in [-0.15, -0.1) is 0 Å². The van der Waals surface area contributed by atoms with E-state index in [9.17, 15) is 29.1 Å². The molecular weight excluding hydrogens is 404 g/mol. The van der Waals surface area contributed by atoms with Gasteiger partial charge in [0.25, 0.3) is 0 Å². The SMILES string of the molecule is CC(=O)Oc1c(CCCO)c(OC(C)=O)c(OC(C)=O)c(OC(C)=O)c1OC(C)=O. The molecule has 0 saturated heterocycles. The Morgan fingerprint density at radius 2 is 0.833 bits per heavy atom. The summed E-state index contributed by atoms with van der Waals surface area (Å²) < 4.78 is 25.6. The van der Waals surface area contributed by atoms with Gasteiger partial charge in [0.05, 0.1) is 0 Å². The largest absolute Gasteiger partial charge is 0.422 e. The maximum absolute atomic E-state index is 11.7. The van der Waals surface area contributed by atoms with Gasteiger partial charge in [0.2, 0.25) is 17.2 Å². The van der Waals surface area contributed by atoms with Crippen molar-refractivity contribution in [1.29, 1.82) is 0 Å². The summed E-state index contributed by atoms with van der Waals surface area (Å²) in [6, 6.07) is 0. The van der Waals surface area contributed by atoms with Crippen LogP contribution in [-0.2, 0) is 30.4 Å². The van der Waals surface area contributed by atoms with Crippen LogP contribution in [0.25, 0.3) is 0 Å². The number of carbonyl (C=O) groups excluding carboxylic acids is 5. The normalized spacial score (nSPS) is 10.1. The number of benzene rings is 1. The Morgan fingerprint density at radius 3 is 1.10 bits per heavy atom. The zero-order valence-electron chi connectivity index (χ0n) is 17.2. The minimum atomic E-state index is -0.900. The Bertz CT molecular complexity index is 813. The number of aliphatic hydroxyl groups excluding tert-OH is 1. The number of hydrogen-bond donors (Lipinski definition) is 1. The Hall–Kier alpha value is -3.47. The number of aliphatic hydroxyl groups is 1. The van der Waals surface area contributed by atoms with E-state index < -0.39 is 58.6 Å². The average Bonchev–Trinajstić information content (AvgIpc) is 2.58. The second kappa shape index (κ2) is 10.9. The lowest BCUT2D eigenvalue weighted by Crippen LogP contribution is -2.17. The molecule has 0 heterocycles. The number of esters is 5. The Balaban J connectivity index is 4.12. The molecule has 0 unspecified atom stereocenters. The fraction of sp³-hybridized carbons (Fsp3) is 0.421. The van der Waals surface area contributed by atoms with Crippen LogP contribution in [0.3, 0.4) is 0 Å². The van der Waals surface area contributed by atoms with Gasteiger partial charge < -0.3 is 28.8 Å². The molecule has 11 heteroatoms. The molecule has 0 fully saturated rings. The molecule has 0 aliphatic heterocycles. The van der Waals surface area contributed by atoms with E-state index in [4.69, 9.17) is 23.7 Å². The molecule has 164 valence electrons. The standard InChI is InChI=1S/C19H22O11/c1-9(21)26-15-14(7-6-8-20)16(27-10(2)22)18(29-12(4)24)19(30-13(5)25)17(15)28-11(3)23/h20H,6-8H2,1-5H3. The molecule has 1 aromatic carbocycles. The van der Waals surface area contributed by atoms with Crippen molar-refractivity contribution in [3.05, 3.63) is 5.56 Å². The van der Waals surface area contributed by atoms with Crippen molar-refractivity contribution >= 4 is 29.8 Å². The van der Waals surface area contributed by atoms with Crippen LogP contribution in [0.1, 0.15) is 46.6 Å². The van der Waals surface area contributed by atoms with Crippen LogP contribution in [0.2, 0.25) is 0 Å². The molecule has 1 N–H and O–H groups in total. The maximum Gasteiger partial charge on any atom is 0.308 e. The molecule has 30 heavy (non-hydrogen) atoms. The third-order valence-electron chi connectivity index (χ3n) is 3.19. The van der Waals surface area contributed by atoms with Gasteiger partial charge in [0.1, 0.15) is 0 Å².